The molecule has 2 aliphatic heterocycles. The third kappa shape index (κ3) is 4.87. The molecule has 156 valence electrons. The van der Waals surface area contributed by atoms with Gasteiger partial charge < -0.3 is 14.5 Å². The fourth-order valence-electron chi connectivity index (χ4n) is 4.40. The molecule has 2 aromatic rings. The van der Waals surface area contributed by atoms with Crippen molar-refractivity contribution < 1.29 is 4.74 Å². The van der Waals surface area contributed by atoms with E-state index >= 15 is 0 Å². The molecule has 0 amide bonds. The minimum atomic E-state index is 0.232. The highest BCUT2D eigenvalue weighted by Gasteiger charge is 2.27. The summed E-state index contributed by atoms with van der Waals surface area (Å²) in [4.78, 5) is 7.61. The topological polar surface area (TPSA) is 19.0 Å². The van der Waals surface area contributed by atoms with Crippen LogP contribution in [0.15, 0.2) is 48.5 Å². The zero-order chi connectivity index (χ0) is 20.3. The first-order valence-electron chi connectivity index (χ1n) is 11.1. The van der Waals surface area contributed by atoms with Gasteiger partial charge in [0.05, 0.1) is 5.69 Å². The summed E-state index contributed by atoms with van der Waals surface area (Å²) in [5, 5.41) is 0. The van der Waals surface area contributed by atoms with Gasteiger partial charge in [-0.1, -0.05) is 30.3 Å². The van der Waals surface area contributed by atoms with Gasteiger partial charge >= 0.3 is 0 Å². The van der Waals surface area contributed by atoms with Crippen molar-refractivity contribution in [2.24, 2.45) is 0 Å². The number of rotatable bonds is 5. The summed E-state index contributed by atoms with van der Waals surface area (Å²) in [7, 11) is 0. The summed E-state index contributed by atoms with van der Waals surface area (Å²) >= 11 is 0. The van der Waals surface area contributed by atoms with Crippen molar-refractivity contribution >= 4 is 11.4 Å². The first-order chi connectivity index (χ1) is 14.0. The van der Waals surface area contributed by atoms with Crippen molar-refractivity contribution in [2.75, 3.05) is 49.1 Å². The molecule has 0 bridgehead atoms. The molecular weight excluding hydrogens is 358 g/mol. The number of anilines is 2. The van der Waals surface area contributed by atoms with Gasteiger partial charge in [-0.25, -0.2) is 0 Å². The number of piperazine rings is 1. The average Bonchev–Trinajstić information content (AvgIpc) is 3.27. The molecule has 2 saturated heterocycles. The Morgan fingerprint density at radius 2 is 1.48 bits per heavy atom. The second kappa shape index (κ2) is 8.66. The third-order valence-electron chi connectivity index (χ3n) is 6.22. The van der Waals surface area contributed by atoms with Crippen LogP contribution in [0.2, 0.25) is 0 Å². The smallest absolute Gasteiger partial charge is 0.143 e. The van der Waals surface area contributed by atoms with Gasteiger partial charge in [-0.15, -0.1) is 0 Å². The third-order valence-corrected chi connectivity index (χ3v) is 6.22. The van der Waals surface area contributed by atoms with Crippen LogP contribution >= 0.6 is 0 Å². The Morgan fingerprint density at radius 1 is 0.793 bits per heavy atom. The standard InChI is InChI=1S/C25H35N3O/c1-25(2,3)28-17-15-27(16-18-28)23-19-22(26-13-7-8-14-26)11-12-24(23)29-20-21-9-5-4-6-10-21/h4-6,9-12,19H,7-8,13-18,20H2,1-3H3. The quantitative estimate of drug-likeness (QED) is 0.727. The molecule has 4 heteroatoms. The maximum atomic E-state index is 6.31. The molecule has 0 unspecified atom stereocenters. The summed E-state index contributed by atoms with van der Waals surface area (Å²) in [6, 6.07) is 17.2. The highest BCUT2D eigenvalue weighted by Crippen LogP contribution is 2.35. The molecule has 4 rings (SSSR count). The highest BCUT2D eigenvalue weighted by molar-refractivity contribution is 5.67. The summed E-state index contributed by atoms with van der Waals surface area (Å²) in [6.45, 7) is 14.2. The first-order valence-corrected chi connectivity index (χ1v) is 11.1. The minimum absolute atomic E-state index is 0.232. The lowest BCUT2D eigenvalue weighted by atomic mass is 10.0. The fraction of sp³-hybridized carbons (Fsp3) is 0.520. The minimum Gasteiger partial charge on any atom is -0.487 e. The van der Waals surface area contributed by atoms with E-state index in [0.717, 1.165) is 31.9 Å². The highest BCUT2D eigenvalue weighted by atomic mass is 16.5. The largest absolute Gasteiger partial charge is 0.487 e. The molecule has 4 nitrogen and oxygen atoms in total. The van der Waals surface area contributed by atoms with Gasteiger partial charge in [-0.2, -0.15) is 0 Å². The van der Waals surface area contributed by atoms with Crippen LogP contribution in [-0.4, -0.2) is 49.7 Å². The van der Waals surface area contributed by atoms with Crippen LogP contribution in [0.1, 0.15) is 39.2 Å². The van der Waals surface area contributed by atoms with E-state index in [1.54, 1.807) is 0 Å². The van der Waals surface area contributed by atoms with E-state index in [1.807, 2.05) is 0 Å². The first kappa shape index (κ1) is 20.1. The number of benzene rings is 2. The van der Waals surface area contributed by atoms with Crippen molar-refractivity contribution in [1.29, 1.82) is 0 Å². The second-order valence-corrected chi connectivity index (χ2v) is 9.27. The van der Waals surface area contributed by atoms with Crippen LogP contribution < -0.4 is 14.5 Å². The van der Waals surface area contributed by atoms with Gasteiger partial charge in [0.2, 0.25) is 0 Å². The van der Waals surface area contributed by atoms with Crippen LogP contribution in [0.3, 0.4) is 0 Å². The van der Waals surface area contributed by atoms with Gasteiger partial charge in [-0.3, -0.25) is 4.90 Å². The predicted molar refractivity (Wildman–Crippen MR) is 122 cm³/mol. The van der Waals surface area contributed by atoms with Crippen LogP contribution in [-0.2, 0) is 6.61 Å². The van der Waals surface area contributed by atoms with E-state index in [2.05, 4.69) is 84.0 Å². The molecular formula is C25H35N3O. The van der Waals surface area contributed by atoms with Crippen LogP contribution in [0.25, 0.3) is 0 Å². The molecule has 0 spiro atoms. The van der Waals surface area contributed by atoms with E-state index in [9.17, 15) is 0 Å². The van der Waals surface area contributed by atoms with Crippen molar-refractivity contribution in [2.45, 2.75) is 45.8 Å². The zero-order valence-electron chi connectivity index (χ0n) is 18.2. The van der Waals surface area contributed by atoms with Crippen LogP contribution in [0.4, 0.5) is 11.4 Å². The van der Waals surface area contributed by atoms with Gasteiger partial charge in [-0.05, 0) is 57.4 Å². The molecule has 0 atom stereocenters. The summed E-state index contributed by atoms with van der Waals surface area (Å²) in [5.41, 5.74) is 4.03. The molecule has 2 aliphatic rings. The van der Waals surface area contributed by atoms with E-state index < -0.39 is 0 Å². The van der Waals surface area contributed by atoms with Crippen molar-refractivity contribution in [3.05, 3.63) is 54.1 Å². The lowest BCUT2D eigenvalue weighted by Gasteiger charge is -2.43. The Hall–Kier alpha value is -2.20. The molecule has 2 heterocycles. The summed E-state index contributed by atoms with van der Waals surface area (Å²) in [6.07, 6.45) is 2.59. The summed E-state index contributed by atoms with van der Waals surface area (Å²) < 4.78 is 6.31. The van der Waals surface area contributed by atoms with Gasteiger partial charge in [0.1, 0.15) is 12.4 Å². The number of hydrogen-bond donors (Lipinski definition) is 0. The maximum absolute atomic E-state index is 6.31. The van der Waals surface area contributed by atoms with Crippen LogP contribution in [0, 0.1) is 0 Å². The molecule has 0 aromatic heterocycles. The Morgan fingerprint density at radius 3 is 2.14 bits per heavy atom. The SMILES string of the molecule is CC(C)(C)N1CCN(c2cc(N3CCCC3)ccc2OCc2ccccc2)CC1. The fourth-order valence-corrected chi connectivity index (χ4v) is 4.40. The summed E-state index contributed by atoms with van der Waals surface area (Å²) in [5.74, 6) is 1.00. The van der Waals surface area contributed by atoms with Gasteiger partial charge in [0.15, 0.2) is 0 Å². The molecule has 0 aliphatic carbocycles. The Labute approximate surface area is 176 Å². The number of ether oxygens (including phenoxy) is 1. The maximum Gasteiger partial charge on any atom is 0.143 e. The molecule has 0 saturated carbocycles. The monoisotopic (exact) mass is 393 g/mol. The van der Waals surface area contributed by atoms with E-state index in [4.69, 9.17) is 4.74 Å². The molecule has 0 N–H and O–H groups in total. The van der Waals surface area contributed by atoms with Crippen molar-refractivity contribution in [3.8, 4) is 5.75 Å². The normalized spacial score (nSPS) is 18.3. The van der Waals surface area contributed by atoms with E-state index in [-0.39, 0.29) is 5.54 Å². The second-order valence-electron chi connectivity index (χ2n) is 9.27. The van der Waals surface area contributed by atoms with Crippen LogP contribution in [0.5, 0.6) is 5.75 Å². The van der Waals surface area contributed by atoms with E-state index in [0.29, 0.717) is 6.61 Å². The molecule has 0 radical (unpaired) electrons. The molecule has 2 fully saturated rings. The lowest BCUT2D eigenvalue weighted by Crippen LogP contribution is -2.53. The van der Waals surface area contributed by atoms with Crippen molar-refractivity contribution in [3.63, 3.8) is 0 Å². The lowest BCUT2D eigenvalue weighted by molar-refractivity contribution is 0.128. The molecule has 29 heavy (non-hydrogen) atoms. The zero-order valence-corrected chi connectivity index (χ0v) is 18.2. The van der Waals surface area contributed by atoms with Gasteiger partial charge in [0.25, 0.3) is 0 Å². The average molecular weight is 394 g/mol. The van der Waals surface area contributed by atoms with Gasteiger partial charge in [0, 0.05) is 50.5 Å². The van der Waals surface area contributed by atoms with E-state index in [1.165, 1.54) is 42.9 Å². The predicted octanol–water partition coefficient (Wildman–Crippen LogP) is 4.79. The number of nitrogens with zero attached hydrogens (tertiary/aromatic N) is 3. The molecule has 2 aromatic carbocycles. The number of hydrogen-bond acceptors (Lipinski definition) is 4. The Balaban J connectivity index is 1.54. The Kier molecular flexibility index (Phi) is 6.00. The van der Waals surface area contributed by atoms with Crippen molar-refractivity contribution in [1.82, 2.24) is 4.90 Å². The Bertz CT molecular complexity index is 785.